The molecule has 36 heavy (non-hydrogen) atoms. The second-order valence-corrected chi connectivity index (χ2v) is 13.4. The van der Waals surface area contributed by atoms with Crippen LogP contribution in [0.1, 0.15) is 31.9 Å². The van der Waals surface area contributed by atoms with E-state index in [-0.39, 0.29) is 31.1 Å². The lowest BCUT2D eigenvalue weighted by Gasteiger charge is -2.35. The SMILES string of the molecule is Cc1cc(C)cc(S(=O)(=O)c2ccc([N+](=O)[O-])cc2S(=O)(=O)N2CCN(C(=O)OC(C)(C)C)CC2)c1. The third-order valence-corrected chi connectivity index (χ3v) is 9.30. The normalized spacial score (nSPS) is 15.5. The average molecular weight is 540 g/mol. The summed E-state index contributed by atoms with van der Waals surface area (Å²) >= 11 is 0. The fraction of sp³-hybridized carbons (Fsp3) is 0.435. The maximum absolute atomic E-state index is 13.6. The molecule has 2 aromatic rings. The van der Waals surface area contributed by atoms with Crippen molar-refractivity contribution >= 4 is 31.6 Å². The van der Waals surface area contributed by atoms with Crippen LogP contribution in [0, 0.1) is 24.0 Å². The fourth-order valence-corrected chi connectivity index (χ4v) is 7.49. The maximum atomic E-state index is 13.6. The molecule has 0 N–H and O–H groups in total. The Labute approximate surface area is 210 Å². The third-order valence-electron chi connectivity index (χ3n) is 5.44. The van der Waals surface area contributed by atoms with Crippen molar-refractivity contribution in [2.24, 2.45) is 0 Å². The molecule has 0 saturated carbocycles. The van der Waals surface area contributed by atoms with Crippen molar-refractivity contribution in [1.82, 2.24) is 9.21 Å². The Morgan fingerprint density at radius 3 is 1.97 bits per heavy atom. The summed E-state index contributed by atoms with van der Waals surface area (Å²) in [5.74, 6) is 0. The first kappa shape index (κ1) is 27.6. The Morgan fingerprint density at radius 1 is 0.917 bits per heavy atom. The van der Waals surface area contributed by atoms with E-state index < -0.39 is 52.0 Å². The van der Waals surface area contributed by atoms with Crippen molar-refractivity contribution in [2.45, 2.75) is 54.9 Å². The molecule has 1 aliphatic heterocycles. The largest absolute Gasteiger partial charge is 0.444 e. The van der Waals surface area contributed by atoms with Gasteiger partial charge in [0, 0.05) is 38.3 Å². The molecule has 0 radical (unpaired) electrons. The minimum absolute atomic E-state index is 0.0161. The van der Waals surface area contributed by atoms with Gasteiger partial charge in [0.1, 0.15) is 10.5 Å². The van der Waals surface area contributed by atoms with E-state index in [0.29, 0.717) is 11.1 Å². The molecule has 1 saturated heterocycles. The predicted octanol–water partition coefficient (Wildman–Crippen LogP) is 3.29. The van der Waals surface area contributed by atoms with Crippen LogP contribution in [-0.4, -0.2) is 68.8 Å². The van der Waals surface area contributed by atoms with Gasteiger partial charge in [-0.25, -0.2) is 21.6 Å². The van der Waals surface area contributed by atoms with Crippen molar-refractivity contribution in [3.8, 4) is 0 Å². The van der Waals surface area contributed by atoms with Crippen LogP contribution in [0.15, 0.2) is 51.1 Å². The van der Waals surface area contributed by atoms with E-state index >= 15 is 0 Å². The molecular weight excluding hydrogens is 510 g/mol. The Morgan fingerprint density at radius 2 is 1.47 bits per heavy atom. The second kappa shape index (κ2) is 9.79. The zero-order valence-corrected chi connectivity index (χ0v) is 22.3. The quantitative estimate of drug-likeness (QED) is 0.416. The number of aryl methyl sites for hydroxylation is 2. The van der Waals surface area contributed by atoms with Gasteiger partial charge in [0.2, 0.25) is 19.9 Å². The van der Waals surface area contributed by atoms with Gasteiger partial charge in [0.25, 0.3) is 5.69 Å². The highest BCUT2D eigenvalue weighted by atomic mass is 32.2. The summed E-state index contributed by atoms with van der Waals surface area (Å²) < 4.78 is 60.6. The third kappa shape index (κ3) is 5.85. The Bertz CT molecular complexity index is 1390. The van der Waals surface area contributed by atoms with E-state index in [0.717, 1.165) is 22.5 Å². The van der Waals surface area contributed by atoms with Gasteiger partial charge in [-0.2, -0.15) is 4.31 Å². The van der Waals surface area contributed by atoms with E-state index in [9.17, 15) is 31.7 Å². The molecule has 0 spiro atoms. The number of nitrogens with zero attached hydrogens (tertiary/aromatic N) is 3. The summed E-state index contributed by atoms with van der Waals surface area (Å²) in [5.41, 5.74) is 0.0531. The first-order chi connectivity index (χ1) is 16.5. The van der Waals surface area contributed by atoms with Crippen LogP contribution in [0.3, 0.4) is 0 Å². The second-order valence-electron chi connectivity index (χ2n) is 9.59. The Balaban J connectivity index is 2.02. The fourth-order valence-electron chi connectivity index (χ4n) is 3.83. The first-order valence-corrected chi connectivity index (χ1v) is 14.0. The summed E-state index contributed by atoms with van der Waals surface area (Å²) in [6.07, 6.45) is -0.590. The van der Waals surface area contributed by atoms with Crippen LogP contribution >= 0.6 is 0 Å². The summed E-state index contributed by atoms with van der Waals surface area (Å²) in [7, 11) is -8.81. The molecule has 3 rings (SSSR count). The number of carbonyl (C=O) groups excluding carboxylic acids is 1. The van der Waals surface area contributed by atoms with Crippen molar-refractivity contribution < 1.29 is 31.3 Å². The van der Waals surface area contributed by atoms with Crippen LogP contribution in [-0.2, 0) is 24.6 Å². The summed E-state index contributed by atoms with van der Waals surface area (Å²) in [6.45, 7) is 8.33. The van der Waals surface area contributed by atoms with Crippen LogP contribution in [0.5, 0.6) is 0 Å². The van der Waals surface area contributed by atoms with E-state index in [1.165, 1.54) is 17.0 Å². The number of hydrogen-bond donors (Lipinski definition) is 0. The first-order valence-electron chi connectivity index (χ1n) is 11.1. The average Bonchev–Trinajstić information content (AvgIpc) is 2.77. The molecular formula is C23H29N3O8S2. The maximum Gasteiger partial charge on any atom is 0.410 e. The molecule has 2 aromatic carbocycles. The minimum atomic E-state index is -4.47. The molecule has 1 fully saturated rings. The van der Waals surface area contributed by atoms with E-state index in [1.54, 1.807) is 40.7 Å². The highest BCUT2D eigenvalue weighted by molar-refractivity contribution is 7.93. The number of sulfonamides is 1. The van der Waals surface area contributed by atoms with Crippen LogP contribution in [0.2, 0.25) is 0 Å². The molecule has 0 unspecified atom stereocenters. The topological polar surface area (TPSA) is 144 Å². The lowest BCUT2D eigenvalue weighted by Crippen LogP contribution is -2.51. The predicted molar refractivity (Wildman–Crippen MR) is 131 cm³/mol. The zero-order valence-electron chi connectivity index (χ0n) is 20.7. The molecule has 0 atom stereocenters. The monoisotopic (exact) mass is 539 g/mol. The number of amides is 1. The van der Waals surface area contributed by atoms with Gasteiger partial charge < -0.3 is 9.64 Å². The van der Waals surface area contributed by atoms with Gasteiger partial charge >= 0.3 is 6.09 Å². The molecule has 0 aromatic heterocycles. The van der Waals surface area contributed by atoms with Gasteiger partial charge in [0.15, 0.2) is 0 Å². The number of non-ortho nitro benzene ring substituents is 1. The summed E-state index contributed by atoms with van der Waals surface area (Å²) in [4.78, 5) is 23.0. The van der Waals surface area contributed by atoms with Gasteiger partial charge in [-0.3, -0.25) is 10.1 Å². The van der Waals surface area contributed by atoms with Crippen LogP contribution < -0.4 is 0 Å². The molecule has 0 aliphatic carbocycles. The number of rotatable bonds is 5. The van der Waals surface area contributed by atoms with Crippen LogP contribution in [0.25, 0.3) is 0 Å². The van der Waals surface area contributed by atoms with E-state index in [4.69, 9.17) is 4.74 Å². The number of nitro benzene ring substituents is 1. The number of carbonyl (C=O) groups is 1. The van der Waals surface area contributed by atoms with Crippen LogP contribution in [0.4, 0.5) is 10.5 Å². The van der Waals surface area contributed by atoms with Gasteiger partial charge in [-0.05, 0) is 63.9 Å². The highest BCUT2D eigenvalue weighted by Crippen LogP contribution is 2.33. The molecule has 1 amide bonds. The van der Waals surface area contributed by atoms with Crippen molar-refractivity contribution in [2.75, 3.05) is 26.2 Å². The van der Waals surface area contributed by atoms with E-state index in [2.05, 4.69) is 0 Å². The number of benzene rings is 2. The van der Waals surface area contributed by atoms with Gasteiger partial charge in [-0.1, -0.05) is 6.07 Å². The van der Waals surface area contributed by atoms with Crippen molar-refractivity contribution in [1.29, 1.82) is 0 Å². The zero-order chi connectivity index (χ0) is 27.1. The summed E-state index contributed by atoms with van der Waals surface area (Å²) in [6, 6.07) is 7.30. The van der Waals surface area contributed by atoms with Gasteiger partial charge in [-0.15, -0.1) is 0 Å². The molecule has 11 nitrogen and oxygen atoms in total. The minimum Gasteiger partial charge on any atom is -0.444 e. The molecule has 1 heterocycles. The molecule has 196 valence electrons. The van der Waals surface area contributed by atoms with Crippen molar-refractivity contribution in [3.05, 3.63) is 57.6 Å². The van der Waals surface area contributed by atoms with Gasteiger partial charge in [0.05, 0.1) is 14.7 Å². The van der Waals surface area contributed by atoms with Crippen molar-refractivity contribution in [3.63, 3.8) is 0 Å². The Kier molecular flexibility index (Phi) is 7.49. The smallest absolute Gasteiger partial charge is 0.410 e. The molecule has 13 heteroatoms. The number of ether oxygens (including phenoxy) is 1. The van der Waals surface area contributed by atoms with E-state index in [1.807, 2.05) is 0 Å². The lowest BCUT2D eigenvalue weighted by molar-refractivity contribution is -0.385. The number of sulfone groups is 1. The molecule has 1 aliphatic rings. The number of nitro groups is 1. The number of piperazine rings is 1. The number of hydrogen-bond acceptors (Lipinski definition) is 8. The lowest BCUT2D eigenvalue weighted by atomic mass is 10.2. The highest BCUT2D eigenvalue weighted by Gasteiger charge is 2.37. The Hall–Kier alpha value is -3.03. The standard InChI is InChI=1S/C23H29N3O8S2/c1-16-12-17(2)14-19(13-16)35(30,31)20-7-6-18(26(28)29)15-21(20)36(32,33)25-10-8-24(9-11-25)22(27)34-23(3,4)5/h6-7,12-15H,8-11H2,1-5H3. The molecule has 0 bridgehead atoms. The summed E-state index contributed by atoms with van der Waals surface area (Å²) in [5, 5.41) is 11.4.